The van der Waals surface area contributed by atoms with Crippen molar-refractivity contribution >= 4 is 23.5 Å². The Bertz CT molecular complexity index is 574. The normalized spacial score (nSPS) is 31.4. The zero-order valence-corrected chi connectivity index (χ0v) is 12.4. The lowest BCUT2D eigenvalue weighted by atomic mass is 9.75. The molecule has 6 heteroatoms. The number of nitrogens with one attached hydrogen (secondary N) is 1. The summed E-state index contributed by atoms with van der Waals surface area (Å²) in [6, 6.07) is 6.52. The maximum absolute atomic E-state index is 12.3. The first-order valence-corrected chi connectivity index (χ1v) is 7.21. The number of methoxy groups -OCH3 is 1. The molecule has 0 aliphatic carbocycles. The van der Waals surface area contributed by atoms with Gasteiger partial charge in [-0.1, -0.05) is 23.7 Å². The van der Waals surface area contributed by atoms with E-state index >= 15 is 0 Å². The number of carbonyl (C=O) groups excluding carboxylic acids is 2. The molecule has 112 valence electrons. The van der Waals surface area contributed by atoms with Crippen molar-refractivity contribution in [3.63, 3.8) is 0 Å². The van der Waals surface area contributed by atoms with Crippen molar-refractivity contribution in [1.82, 2.24) is 5.32 Å². The zero-order chi connectivity index (χ0) is 15.0. The van der Waals surface area contributed by atoms with E-state index in [4.69, 9.17) is 21.1 Å². The van der Waals surface area contributed by atoms with Crippen LogP contribution in [0.2, 0.25) is 5.02 Å². The Morgan fingerprint density at radius 2 is 2.14 bits per heavy atom. The summed E-state index contributed by atoms with van der Waals surface area (Å²) in [5.41, 5.74) is 0.219. The highest BCUT2D eigenvalue weighted by Crippen LogP contribution is 2.50. The van der Waals surface area contributed by atoms with Crippen LogP contribution in [0.15, 0.2) is 24.3 Å². The number of hydrogen-bond acceptors (Lipinski definition) is 5. The minimum atomic E-state index is -0.702. The lowest BCUT2D eigenvalue weighted by Crippen LogP contribution is -2.34. The Morgan fingerprint density at radius 1 is 1.43 bits per heavy atom. The van der Waals surface area contributed by atoms with E-state index in [-0.39, 0.29) is 18.0 Å². The third-order valence-corrected chi connectivity index (χ3v) is 4.62. The molecule has 3 rings (SSSR count). The van der Waals surface area contributed by atoms with Crippen LogP contribution in [0.3, 0.4) is 0 Å². The predicted molar refractivity (Wildman–Crippen MR) is 75.8 cm³/mol. The number of hydrogen-bond donors (Lipinski definition) is 1. The Hall–Kier alpha value is -1.59. The van der Waals surface area contributed by atoms with Crippen molar-refractivity contribution in [1.29, 1.82) is 0 Å². The Balaban J connectivity index is 1.97. The van der Waals surface area contributed by atoms with E-state index in [9.17, 15) is 9.59 Å². The monoisotopic (exact) mass is 309 g/mol. The summed E-state index contributed by atoms with van der Waals surface area (Å²) in [6.07, 6.45) is 0.991. The summed E-state index contributed by atoms with van der Waals surface area (Å²) in [4.78, 5) is 24.1. The summed E-state index contributed by atoms with van der Waals surface area (Å²) in [6.45, 7) is 0.387. The molecule has 3 atom stereocenters. The van der Waals surface area contributed by atoms with Gasteiger partial charge in [0, 0.05) is 11.1 Å². The van der Waals surface area contributed by atoms with Gasteiger partial charge in [-0.3, -0.25) is 14.9 Å². The maximum Gasteiger partial charge on any atom is 0.322 e. The van der Waals surface area contributed by atoms with Gasteiger partial charge >= 0.3 is 11.9 Å². The molecule has 2 aliphatic heterocycles. The number of halogens is 1. The van der Waals surface area contributed by atoms with E-state index in [0.717, 1.165) is 5.56 Å². The molecule has 0 bridgehead atoms. The highest BCUT2D eigenvalue weighted by molar-refractivity contribution is 6.30. The average Bonchev–Trinajstić information content (AvgIpc) is 3.05. The minimum absolute atomic E-state index is 0.249. The Labute approximate surface area is 127 Å². The molecule has 2 fully saturated rings. The van der Waals surface area contributed by atoms with E-state index in [0.29, 0.717) is 24.5 Å². The summed E-state index contributed by atoms with van der Waals surface area (Å²) >= 11 is 5.91. The highest BCUT2D eigenvalue weighted by atomic mass is 35.5. The molecule has 0 radical (unpaired) electrons. The molecule has 1 spiro atoms. The Kier molecular flexibility index (Phi) is 3.63. The van der Waals surface area contributed by atoms with Gasteiger partial charge in [-0.25, -0.2) is 0 Å². The third-order valence-electron chi connectivity index (χ3n) is 4.37. The molecule has 0 aromatic heterocycles. The van der Waals surface area contributed by atoms with Gasteiger partial charge in [0.15, 0.2) is 0 Å². The summed E-state index contributed by atoms with van der Waals surface area (Å²) in [5.74, 6) is -0.605. The molecule has 21 heavy (non-hydrogen) atoms. The first-order valence-electron chi connectivity index (χ1n) is 6.83. The lowest BCUT2D eigenvalue weighted by molar-refractivity contribution is -0.147. The molecule has 2 aliphatic rings. The average molecular weight is 310 g/mol. The summed E-state index contributed by atoms with van der Waals surface area (Å²) in [7, 11) is 1.35. The molecule has 1 aromatic carbocycles. The SMILES string of the molecule is COC(=O)[C@H]1C[C@@]2(CCOC2=O)[C@@H](c2ccc(Cl)cc2)N1. The molecule has 0 saturated carbocycles. The number of ether oxygens (including phenoxy) is 2. The van der Waals surface area contributed by atoms with Crippen LogP contribution < -0.4 is 5.32 Å². The quantitative estimate of drug-likeness (QED) is 0.845. The number of esters is 2. The van der Waals surface area contributed by atoms with Crippen LogP contribution in [0, 0.1) is 5.41 Å². The topological polar surface area (TPSA) is 64.6 Å². The van der Waals surface area contributed by atoms with Crippen molar-refractivity contribution in [3.8, 4) is 0 Å². The van der Waals surface area contributed by atoms with Crippen LogP contribution in [0.5, 0.6) is 0 Å². The van der Waals surface area contributed by atoms with E-state index < -0.39 is 11.5 Å². The first-order chi connectivity index (χ1) is 10.1. The predicted octanol–water partition coefficient (Wildman–Crippen LogP) is 1.85. The first kappa shape index (κ1) is 14.4. The number of carbonyl (C=O) groups is 2. The molecule has 5 nitrogen and oxygen atoms in total. The third kappa shape index (κ3) is 2.30. The van der Waals surface area contributed by atoms with Gasteiger partial charge < -0.3 is 9.47 Å². The fraction of sp³-hybridized carbons (Fsp3) is 0.467. The minimum Gasteiger partial charge on any atom is -0.468 e. The van der Waals surface area contributed by atoms with Crippen LogP contribution in [0.1, 0.15) is 24.4 Å². The molecule has 0 unspecified atom stereocenters. The van der Waals surface area contributed by atoms with Crippen molar-refractivity contribution in [2.45, 2.75) is 24.9 Å². The molecule has 1 N–H and O–H groups in total. The van der Waals surface area contributed by atoms with Crippen LogP contribution in [-0.2, 0) is 19.1 Å². The van der Waals surface area contributed by atoms with Crippen molar-refractivity contribution in [2.75, 3.05) is 13.7 Å². The maximum atomic E-state index is 12.3. The fourth-order valence-electron chi connectivity index (χ4n) is 3.29. The molecule has 2 heterocycles. The second-order valence-electron chi connectivity index (χ2n) is 5.47. The van der Waals surface area contributed by atoms with Gasteiger partial charge in [0.25, 0.3) is 0 Å². The standard InChI is InChI=1S/C15H16ClNO4/c1-20-13(18)11-8-15(6-7-21-14(15)19)12(17-11)9-2-4-10(16)5-3-9/h2-5,11-12,17H,6-8H2,1H3/t11-,12-,15+/m1/s1. The van der Waals surface area contributed by atoms with Gasteiger partial charge in [-0.15, -0.1) is 0 Å². The van der Waals surface area contributed by atoms with Crippen LogP contribution in [0.25, 0.3) is 0 Å². The molecule has 2 saturated heterocycles. The van der Waals surface area contributed by atoms with E-state index in [1.54, 1.807) is 12.1 Å². The van der Waals surface area contributed by atoms with Gasteiger partial charge in [0.2, 0.25) is 0 Å². The Morgan fingerprint density at radius 3 is 2.71 bits per heavy atom. The van der Waals surface area contributed by atoms with Crippen LogP contribution >= 0.6 is 11.6 Å². The largest absolute Gasteiger partial charge is 0.468 e. The van der Waals surface area contributed by atoms with Crippen molar-refractivity contribution in [2.24, 2.45) is 5.41 Å². The molecule has 1 aromatic rings. The number of benzene rings is 1. The van der Waals surface area contributed by atoms with Gasteiger partial charge in [0.05, 0.1) is 19.1 Å². The molecular weight excluding hydrogens is 294 g/mol. The van der Waals surface area contributed by atoms with Gasteiger partial charge in [-0.05, 0) is 30.5 Å². The summed E-state index contributed by atoms with van der Waals surface area (Å²) < 4.78 is 9.97. The summed E-state index contributed by atoms with van der Waals surface area (Å²) in [5, 5.41) is 3.85. The van der Waals surface area contributed by atoms with E-state index in [1.165, 1.54) is 7.11 Å². The lowest BCUT2D eigenvalue weighted by Gasteiger charge is -2.26. The highest BCUT2D eigenvalue weighted by Gasteiger charge is 2.58. The van der Waals surface area contributed by atoms with Crippen molar-refractivity contribution < 1.29 is 19.1 Å². The van der Waals surface area contributed by atoms with Crippen molar-refractivity contribution in [3.05, 3.63) is 34.9 Å². The van der Waals surface area contributed by atoms with Crippen LogP contribution in [-0.4, -0.2) is 31.7 Å². The van der Waals surface area contributed by atoms with Gasteiger partial charge in [-0.2, -0.15) is 0 Å². The second-order valence-corrected chi connectivity index (χ2v) is 5.91. The van der Waals surface area contributed by atoms with E-state index in [1.807, 2.05) is 12.1 Å². The molecular formula is C15H16ClNO4. The van der Waals surface area contributed by atoms with Crippen LogP contribution in [0.4, 0.5) is 0 Å². The smallest absolute Gasteiger partial charge is 0.322 e. The number of rotatable bonds is 2. The number of cyclic esters (lactones) is 1. The zero-order valence-electron chi connectivity index (χ0n) is 11.6. The van der Waals surface area contributed by atoms with Gasteiger partial charge in [0.1, 0.15) is 6.04 Å². The molecule has 0 amide bonds. The fourth-order valence-corrected chi connectivity index (χ4v) is 3.41. The second kappa shape index (κ2) is 5.31. The van der Waals surface area contributed by atoms with E-state index in [2.05, 4.69) is 5.32 Å².